The fraction of sp³-hybridized carbons (Fsp3) is 0.308. The van der Waals surface area contributed by atoms with E-state index in [1.165, 1.54) is 4.35 Å². The van der Waals surface area contributed by atoms with E-state index < -0.39 is 15.1 Å². The zero-order valence-corrected chi connectivity index (χ0v) is 13.9. The van der Waals surface area contributed by atoms with Crippen molar-refractivity contribution in [1.29, 1.82) is 0 Å². The van der Waals surface area contributed by atoms with Gasteiger partial charge in [-0.25, -0.2) is 0 Å². The fourth-order valence-corrected chi connectivity index (χ4v) is 5.49. The first-order valence-corrected chi connectivity index (χ1v) is 9.87. The summed E-state index contributed by atoms with van der Waals surface area (Å²) in [6.45, 7) is 2.36. The average Bonchev–Trinajstić information content (AvgIpc) is 2.98. The molecule has 1 amide bonds. The van der Waals surface area contributed by atoms with Crippen LogP contribution >= 0.6 is 15.9 Å². The summed E-state index contributed by atoms with van der Waals surface area (Å²) in [6.07, 6.45) is 5.32. The predicted molar refractivity (Wildman–Crippen MR) is 82.8 cm³/mol. The Morgan fingerprint density at radius 2 is 2.00 bits per heavy atom. The number of nitrogens with zero attached hydrogens (tertiary/aromatic N) is 1. The predicted octanol–water partition coefficient (Wildman–Crippen LogP) is -0.0643. The van der Waals surface area contributed by atoms with E-state index in [-0.39, 0.29) is 11.2 Å². The van der Waals surface area contributed by atoms with E-state index in [2.05, 4.69) is 42.5 Å². The molecule has 2 rings (SSSR count). The van der Waals surface area contributed by atoms with Gasteiger partial charge in [-0.05, 0) is 0 Å². The molecule has 2 N–H and O–H groups in total. The van der Waals surface area contributed by atoms with Gasteiger partial charge in [-0.1, -0.05) is 0 Å². The van der Waals surface area contributed by atoms with Gasteiger partial charge in [0.05, 0.1) is 0 Å². The summed E-state index contributed by atoms with van der Waals surface area (Å²) in [5.74, 6) is 2.49. The first kappa shape index (κ1) is 14.6. The number of carbonyl (C=O) groups excluding carboxylic acids is 1. The number of halogens is 1. The standard InChI is InChI=1S/C13H15AsBrN3O/c1-2-9-18(13(19)10-15)12-5-3-11(4-6-12)14-16-7-8-17-14/h1,3-6,16-17H,7-10H2. The molecule has 1 aliphatic heterocycles. The molecule has 100 valence electrons. The fourth-order valence-electron chi connectivity index (χ4n) is 1.84. The van der Waals surface area contributed by atoms with Crippen LogP contribution in [-0.2, 0) is 4.79 Å². The number of nitrogens with one attached hydrogen (secondary N) is 2. The summed E-state index contributed by atoms with van der Waals surface area (Å²) in [6, 6.07) is 8.07. The molecule has 6 heteroatoms. The van der Waals surface area contributed by atoms with Crippen molar-refractivity contribution >= 4 is 47.0 Å². The van der Waals surface area contributed by atoms with Gasteiger partial charge < -0.3 is 0 Å². The Bertz CT molecular complexity index is 480. The van der Waals surface area contributed by atoms with Crippen LogP contribution in [0.4, 0.5) is 5.69 Å². The molecule has 1 heterocycles. The number of rotatable bonds is 4. The van der Waals surface area contributed by atoms with Gasteiger partial charge >= 0.3 is 127 Å². The van der Waals surface area contributed by atoms with E-state index in [9.17, 15) is 4.79 Å². The number of hydrogen-bond acceptors (Lipinski definition) is 3. The van der Waals surface area contributed by atoms with Crippen molar-refractivity contribution < 1.29 is 4.79 Å². The number of benzene rings is 1. The monoisotopic (exact) mass is 383 g/mol. The first-order chi connectivity index (χ1) is 9.26. The number of amides is 1. The Kier molecular flexibility index (Phi) is 5.47. The molecule has 0 aromatic heterocycles. The SMILES string of the molecule is C#CCN(C(=O)CBr)c1ccc([As]2NCCN2)cc1. The van der Waals surface area contributed by atoms with Crippen molar-refractivity contribution in [3.63, 3.8) is 0 Å². The molecule has 1 aromatic rings. The Morgan fingerprint density at radius 3 is 2.53 bits per heavy atom. The second-order valence-corrected chi connectivity index (χ2v) is 8.36. The quantitative estimate of drug-likeness (QED) is 0.435. The van der Waals surface area contributed by atoms with Crippen LogP contribution in [0.2, 0.25) is 0 Å². The molecule has 0 bridgehead atoms. The third-order valence-electron chi connectivity index (χ3n) is 2.75. The van der Waals surface area contributed by atoms with Gasteiger partial charge in [-0.2, -0.15) is 0 Å². The molecule has 0 spiro atoms. The summed E-state index contributed by atoms with van der Waals surface area (Å²) in [4.78, 5) is 13.4. The van der Waals surface area contributed by atoms with E-state index in [0.717, 1.165) is 18.8 Å². The molecule has 1 aliphatic rings. The van der Waals surface area contributed by atoms with Gasteiger partial charge in [-0.15, -0.1) is 0 Å². The molecular formula is C13H15AsBrN3O. The molecule has 0 radical (unpaired) electrons. The minimum absolute atomic E-state index is 0.0272. The van der Waals surface area contributed by atoms with E-state index in [1.54, 1.807) is 4.90 Å². The van der Waals surface area contributed by atoms with Crippen LogP contribution in [0.15, 0.2) is 24.3 Å². The topological polar surface area (TPSA) is 44.4 Å². The molecule has 4 nitrogen and oxygen atoms in total. The zero-order valence-electron chi connectivity index (χ0n) is 10.4. The van der Waals surface area contributed by atoms with Gasteiger partial charge in [0, 0.05) is 0 Å². The first-order valence-electron chi connectivity index (χ1n) is 5.93. The Balaban J connectivity index is 2.15. The van der Waals surface area contributed by atoms with Gasteiger partial charge in [0.25, 0.3) is 0 Å². The molecule has 0 saturated carbocycles. The van der Waals surface area contributed by atoms with Crippen molar-refractivity contribution in [3.8, 4) is 12.3 Å². The molecule has 19 heavy (non-hydrogen) atoms. The van der Waals surface area contributed by atoms with Crippen LogP contribution in [0.3, 0.4) is 0 Å². The second-order valence-electron chi connectivity index (χ2n) is 3.99. The van der Waals surface area contributed by atoms with Crippen molar-refractivity contribution in [2.24, 2.45) is 0 Å². The van der Waals surface area contributed by atoms with Crippen LogP contribution in [0.1, 0.15) is 0 Å². The van der Waals surface area contributed by atoms with Crippen LogP contribution in [0, 0.1) is 12.3 Å². The van der Waals surface area contributed by atoms with Crippen molar-refractivity contribution in [2.45, 2.75) is 0 Å². The minimum atomic E-state index is -1.26. The van der Waals surface area contributed by atoms with Gasteiger partial charge in [0.2, 0.25) is 0 Å². The number of anilines is 1. The summed E-state index contributed by atoms with van der Waals surface area (Å²) in [5.41, 5.74) is 0.847. The molecule has 0 unspecified atom stereocenters. The van der Waals surface area contributed by atoms with Gasteiger partial charge in [-0.3, -0.25) is 0 Å². The second kappa shape index (κ2) is 7.11. The molecule has 0 atom stereocenters. The average molecular weight is 384 g/mol. The van der Waals surface area contributed by atoms with Crippen molar-refractivity contribution in [3.05, 3.63) is 24.3 Å². The zero-order chi connectivity index (χ0) is 13.7. The van der Waals surface area contributed by atoms with Gasteiger partial charge in [0.15, 0.2) is 0 Å². The summed E-state index contributed by atoms with van der Waals surface area (Å²) in [7, 11) is 0. The third-order valence-corrected chi connectivity index (χ3v) is 7.20. The Labute approximate surface area is 126 Å². The van der Waals surface area contributed by atoms with Crippen LogP contribution < -0.4 is 17.7 Å². The maximum absolute atomic E-state index is 11.8. The van der Waals surface area contributed by atoms with Crippen LogP contribution in [0.5, 0.6) is 0 Å². The number of carbonyl (C=O) groups is 1. The van der Waals surface area contributed by atoms with Crippen LogP contribution in [-0.4, -0.2) is 46.0 Å². The summed E-state index contributed by atoms with van der Waals surface area (Å²) < 4.78 is 8.30. The molecular weight excluding hydrogens is 369 g/mol. The Hall–Kier alpha value is -0.792. The van der Waals surface area contributed by atoms with E-state index >= 15 is 0 Å². The summed E-state index contributed by atoms with van der Waals surface area (Å²) >= 11 is 1.92. The molecule has 1 saturated heterocycles. The number of hydrogen-bond donors (Lipinski definition) is 2. The van der Waals surface area contributed by atoms with Crippen molar-refractivity contribution in [1.82, 2.24) is 8.47 Å². The van der Waals surface area contributed by atoms with E-state index in [4.69, 9.17) is 6.42 Å². The Morgan fingerprint density at radius 1 is 1.37 bits per heavy atom. The van der Waals surface area contributed by atoms with Crippen molar-refractivity contribution in [2.75, 3.05) is 29.9 Å². The molecule has 0 aliphatic carbocycles. The van der Waals surface area contributed by atoms with E-state index in [0.29, 0.717) is 6.54 Å². The molecule has 1 fully saturated rings. The molecule has 1 aromatic carbocycles. The number of alkyl halides is 1. The van der Waals surface area contributed by atoms with Crippen LogP contribution in [0.25, 0.3) is 0 Å². The number of terminal acetylenes is 1. The normalized spacial score (nSPS) is 15.2. The van der Waals surface area contributed by atoms with E-state index in [1.807, 2.05) is 12.1 Å². The van der Waals surface area contributed by atoms with Gasteiger partial charge in [0.1, 0.15) is 0 Å². The third kappa shape index (κ3) is 3.61. The summed E-state index contributed by atoms with van der Waals surface area (Å²) in [5, 5.41) is 0.275. The maximum atomic E-state index is 11.8.